The highest BCUT2D eigenvalue weighted by molar-refractivity contribution is 5.90. The Kier molecular flexibility index (Phi) is 7.77. The molecular formula is C31H41N5O2. The number of hydrogen-bond donors (Lipinski definition) is 1. The topological polar surface area (TPSA) is 76.7 Å². The molecule has 7 heteroatoms. The summed E-state index contributed by atoms with van der Waals surface area (Å²) in [5.74, 6) is 4.17. The summed E-state index contributed by atoms with van der Waals surface area (Å²) in [7, 11) is 1.77. The number of ether oxygens (including phenoxy) is 2. The van der Waals surface area contributed by atoms with E-state index in [-0.39, 0.29) is 0 Å². The Hall–Kier alpha value is -2.74. The van der Waals surface area contributed by atoms with Crippen LogP contribution in [0.15, 0.2) is 42.5 Å². The number of fused-ring (bicyclic) bond motifs is 1. The van der Waals surface area contributed by atoms with E-state index in [0.29, 0.717) is 24.4 Å². The molecule has 1 aliphatic carbocycles. The number of morpholine rings is 1. The van der Waals surface area contributed by atoms with Gasteiger partial charge in [0.05, 0.1) is 25.8 Å². The van der Waals surface area contributed by atoms with Crippen molar-refractivity contribution in [3.8, 4) is 5.75 Å². The van der Waals surface area contributed by atoms with Crippen molar-refractivity contribution in [1.29, 1.82) is 0 Å². The van der Waals surface area contributed by atoms with Gasteiger partial charge < -0.3 is 20.1 Å². The van der Waals surface area contributed by atoms with Crippen LogP contribution in [0.2, 0.25) is 0 Å². The van der Waals surface area contributed by atoms with E-state index in [1.54, 1.807) is 7.11 Å². The van der Waals surface area contributed by atoms with Crippen LogP contribution in [0.25, 0.3) is 10.9 Å². The van der Waals surface area contributed by atoms with Gasteiger partial charge in [-0.15, -0.1) is 0 Å². The first kappa shape index (κ1) is 25.5. The van der Waals surface area contributed by atoms with Crippen molar-refractivity contribution in [1.82, 2.24) is 14.9 Å². The lowest BCUT2D eigenvalue weighted by atomic mass is 9.84. The first-order chi connectivity index (χ1) is 18.7. The van der Waals surface area contributed by atoms with E-state index in [4.69, 9.17) is 25.2 Å². The highest BCUT2D eigenvalue weighted by atomic mass is 16.5. The quantitative estimate of drug-likeness (QED) is 0.474. The molecule has 1 unspecified atom stereocenters. The summed E-state index contributed by atoms with van der Waals surface area (Å²) in [5.41, 5.74) is 9.95. The molecule has 0 radical (unpaired) electrons. The molecule has 2 N–H and O–H groups in total. The van der Waals surface area contributed by atoms with Crippen LogP contribution in [0.3, 0.4) is 0 Å². The molecule has 38 heavy (non-hydrogen) atoms. The average molecular weight is 516 g/mol. The molecule has 0 spiro atoms. The minimum Gasteiger partial charge on any atom is -0.496 e. The van der Waals surface area contributed by atoms with Gasteiger partial charge in [-0.1, -0.05) is 30.7 Å². The zero-order valence-electron chi connectivity index (χ0n) is 22.6. The van der Waals surface area contributed by atoms with E-state index in [0.717, 1.165) is 81.6 Å². The highest BCUT2D eigenvalue weighted by Gasteiger charge is 2.28. The minimum absolute atomic E-state index is 0.326. The van der Waals surface area contributed by atoms with Crippen molar-refractivity contribution in [2.45, 2.75) is 56.4 Å². The van der Waals surface area contributed by atoms with E-state index < -0.39 is 0 Å². The summed E-state index contributed by atoms with van der Waals surface area (Å²) < 4.78 is 11.2. The van der Waals surface area contributed by atoms with Crippen molar-refractivity contribution in [3.05, 3.63) is 59.4 Å². The van der Waals surface area contributed by atoms with Crippen molar-refractivity contribution in [3.63, 3.8) is 0 Å². The molecule has 1 aromatic heterocycles. The van der Waals surface area contributed by atoms with Gasteiger partial charge in [0.15, 0.2) is 0 Å². The maximum absolute atomic E-state index is 6.24. The lowest BCUT2D eigenvalue weighted by molar-refractivity contribution is 0.0184. The number of aromatic nitrogens is 2. The summed E-state index contributed by atoms with van der Waals surface area (Å²) in [6, 6.07) is 15.6. The van der Waals surface area contributed by atoms with Gasteiger partial charge in [0.25, 0.3) is 0 Å². The van der Waals surface area contributed by atoms with E-state index in [1.165, 1.54) is 35.8 Å². The molecular weight excluding hydrogens is 474 g/mol. The maximum Gasteiger partial charge on any atom is 0.140 e. The molecule has 2 aliphatic heterocycles. The number of hydrogen-bond acceptors (Lipinski definition) is 7. The van der Waals surface area contributed by atoms with Gasteiger partial charge in [0, 0.05) is 50.1 Å². The van der Waals surface area contributed by atoms with Crippen molar-refractivity contribution in [2.75, 3.05) is 57.9 Å². The Balaban J connectivity index is 1.27. The third-order valence-electron chi connectivity index (χ3n) is 8.91. The Bertz CT molecular complexity index is 1230. The fraction of sp³-hybridized carbons (Fsp3) is 0.548. The number of rotatable bonds is 8. The number of methoxy groups -OCH3 is 1. The zero-order chi connectivity index (χ0) is 25.9. The van der Waals surface area contributed by atoms with Gasteiger partial charge in [-0.3, -0.25) is 4.90 Å². The van der Waals surface area contributed by atoms with E-state index in [2.05, 4.69) is 52.3 Å². The van der Waals surface area contributed by atoms with Gasteiger partial charge >= 0.3 is 0 Å². The van der Waals surface area contributed by atoms with Crippen LogP contribution in [0.5, 0.6) is 5.75 Å². The number of piperidine rings is 1. The van der Waals surface area contributed by atoms with Crippen molar-refractivity contribution < 1.29 is 9.47 Å². The molecule has 3 heterocycles. The molecule has 2 aromatic carbocycles. The molecule has 202 valence electrons. The Morgan fingerprint density at radius 3 is 2.47 bits per heavy atom. The van der Waals surface area contributed by atoms with Crippen molar-refractivity contribution in [2.24, 2.45) is 5.73 Å². The van der Waals surface area contributed by atoms with Crippen LogP contribution in [0, 0.1) is 0 Å². The molecule has 0 bridgehead atoms. The maximum atomic E-state index is 6.24. The normalized spacial score (nSPS) is 20.4. The average Bonchev–Trinajstić information content (AvgIpc) is 2.95. The fourth-order valence-corrected chi connectivity index (χ4v) is 6.38. The summed E-state index contributed by atoms with van der Waals surface area (Å²) >= 11 is 0. The number of benzene rings is 2. The van der Waals surface area contributed by atoms with Crippen LogP contribution in [-0.4, -0.2) is 74.0 Å². The predicted octanol–water partition coefficient (Wildman–Crippen LogP) is 4.49. The first-order valence-corrected chi connectivity index (χ1v) is 14.4. The van der Waals surface area contributed by atoms with E-state index >= 15 is 0 Å². The lowest BCUT2D eigenvalue weighted by Gasteiger charge is -2.35. The number of anilines is 1. The fourth-order valence-electron chi connectivity index (χ4n) is 6.38. The number of para-hydroxylation sites is 1. The van der Waals surface area contributed by atoms with Crippen LogP contribution in [-0.2, 0) is 11.2 Å². The monoisotopic (exact) mass is 515 g/mol. The summed E-state index contributed by atoms with van der Waals surface area (Å²) in [6.45, 7) is 6.12. The van der Waals surface area contributed by atoms with Gasteiger partial charge in [-0.05, 0) is 67.3 Å². The minimum atomic E-state index is 0.326. The predicted molar refractivity (Wildman–Crippen MR) is 152 cm³/mol. The molecule has 3 aromatic rings. The van der Waals surface area contributed by atoms with E-state index in [1.807, 2.05) is 0 Å². The smallest absolute Gasteiger partial charge is 0.140 e. The van der Waals surface area contributed by atoms with Crippen molar-refractivity contribution >= 4 is 16.7 Å². The largest absolute Gasteiger partial charge is 0.496 e. The van der Waals surface area contributed by atoms with Crippen LogP contribution >= 0.6 is 0 Å². The van der Waals surface area contributed by atoms with Gasteiger partial charge in [-0.25, -0.2) is 9.97 Å². The van der Waals surface area contributed by atoms with Crippen LogP contribution in [0.1, 0.15) is 60.9 Å². The third kappa shape index (κ3) is 5.24. The zero-order valence-corrected chi connectivity index (χ0v) is 22.6. The van der Waals surface area contributed by atoms with Gasteiger partial charge in [-0.2, -0.15) is 0 Å². The van der Waals surface area contributed by atoms with Gasteiger partial charge in [0.2, 0.25) is 0 Å². The van der Waals surface area contributed by atoms with Crippen LogP contribution in [0.4, 0.5) is 5.82 Å². The molecule has 3 aliphatic rings. The second kappa shape index (κ2) is 11.6. The second-order valence-corrected chi connectivity index (χ2v) is 11.1. The Morgan fingerprint density at radius 1 is 0.974 bits per heavy atom. The molecule has 7 nitrogen and oxygen atoms in total. The third-order valence-corrected chi connectivity index (χ3v) is 8.91. The Morgan fingerprint density at radius 2 is 1.76 bits per heavy atom. The molecule has 1 saturated carbocycles. The molecule has 0 amide bonds. The summed E-state index contributed by atoms with van der Waals surface area (Å²) in [5, 5.41) is 1.18. The second-order valence-electron chi connectivity index (χ2n) is 11.1. The van der Waals surface area contributed by atoms with Crippen LogP contribution < -0.4 is 15.4 Å². The number of nitrogens with two attached hydrogens (primary N) is 1. The Labute approximate surface area is 226 Å². The summed E-state index contributed by atoms with van der Waals surface area (Å²) in [4.78, 5) is 15.3. The highest BCUT2D eigenvalue weighted by Crippen LogP contribution is 2.39. The molecule has 2 saturated heterocycles. The van der Waals surface area contributed by atoms with E-state index in [9.17, 15) is 0 Å². The standard InChI is InChI=1S/C31H41N5O2/c1-37-29-8-3-2-7-26(29)23-11-13-36(14-12-23)31-27-20-22(19-25(21-32)35-15-17-38-18-16-35)9-10-28(27)33-30(34-31)24-5-4-6-24/h2-3,7-10,20,23-25H,4-6,11-19,21,32H2,1H3. The number of nitrogens with zero attached hydrogens (tertiary/aromatic N) is 4. The SMILES string of the molecule is COc1ccccc1C1CCN(c2nc(C3CCC3)nc3ccc(CC(CN)N4CCOCC4)cc23)CC1. The summed E-state index contributed by atoms with van der Waals surface area (Å²) in [6.07, 6.45) is 6.82. The molecule has 6 rings (SSSR count). The molecule has 1 atom stereocenters. The first-order valence-electron chi connectivity index (χ1n) is 14.4. The lowest BCUT2D eigenvalue weighted by Crippen LogP contribution is -2.47. The van der Waals surface area contributed by atoms with Gasteiger partial charge in [0.1, 0.15) is 17.4 Å². The molecule has 3 fully saturated rings.